The van der Waals surface area contributed by atoms with Crippen LogP contribution in [0, 0.1) is 13.8 Å². The van der Waals surface area contributed by atoms with Crippen molar-refractivity contribution in [1.29, 1.82) is 0 Å². The third kappa shape index (κ3) is 4.68. The highest BCUT2D eigenvalue weighted by Gasteiger charge is 2.12. The van der Waals surface area contributed by atoms with Gasteiger partial charge in [-0.25, -0.2) is 0 Å². The predicted octanol–water partition coefficient (Wildman–Crippen LogP) is 4.30. The fourth-order valence-corrected chi connectivity index (χ4v) is 3.15. The summed E-state index contributed by atoms with van der Waals surface area (Å²) in [7, 11) is 0. The van der Waals surface area contributed by atoms with Crippen molar-refractivity contribution in [2.24, 2.45) is 0 Å². The third-order valence-electron chi connectivity index (χ3n) is 3.36. The Morgan fingerprint density at radius 3 is 2.59 bits per heavy atom. The highest BCUT2D eigenvalue weighted by atomic mass is 35.5. The van der Waals surface area contributed by atoms with Crippen LogP contribution in [0.25, 0.3) is 0 Å². The van der Waals surface area contributed by atoms with Crippen molar-refractivity contribution in [3.05, 3.63) is 56.2 Å². The third-order valence-corrected chi connectivity index (χ3v) is 4.59. The van der Waals surface area contributed by atoms with Gasteiger partial charge in [0.2, 0.25) is 5.91 Å². The molecule has 1 heterocycles. The minimum atomic E-state index is -0.122. The summed E-state index contributed by atoms with van der Waals surface area (Å²) < 4.78 is 0.703. The van der Waals surface area contributed by atoms with Gasteiger partial charge in [-0.15, -0.1) is 11.3 Å². The van der Waals surface area contributed by atoms with Gasteiger partial charge in [0.15, 0.2) is 5.78 Å². The van der Waals surface area contributed by atoms with Crippen LogP contribution < -0.4 is 5.32 Å². The second-order valence-corrected chi connectivity index (χ2v) is 7.02. The molecule has 0 atom stereocenters. The summed E-state index contributed by atoms with van der Waals surface area (Å²) in [6, 6.07) is 9.48. The van der Waals surface area contributed by atoms with E-state index in [9.17, 15) is 9.59 Å². The molecule has 2 rings (SSSR count). The zero-order valence-corrected chi connectivity index (χ0v) is 14.2. The van der Waals surface area contributed by atoms with Crippen molar-refractivity contribution in [2.45, 2.75) is 33.2 Å². The minimum absolute atomic E-state index is 0.00974. The molecule has 0 aliphatic carbocycles. The molecule has 116 valence electrons. The van der Waals surface area contributed by atoms with E-state index in [-0.39, 0.29) is 24.5 Å². The van der Waals surface area contributed by atoms with E-state index in [0.717, 1.165) is 16.0 Å². The van der Waals surface area contributed by atoms with Crippen molar-refractivity contribution in [2.75, 3.05) is 0 Å². The number of ketones is 1. The van der Waals surface area contributed by atoms with Gasteiger partial charge in [0, 0.05) is 23.3 Å². The fraction of sp³-hybridized carbons (Fsp3) is 0.294. The van der Waals surface area contributed by atoms with Crippen LogP contribution in [0.5, 0.6) is 0 Å². The van der Waals surface area contributed by atoms with Gasteiger partial charge >= 0.3 is 0 Å². The average Bonchev–Trinajstić information content (AvgIpc) is 2.90. The zero-order valence-electron chi connectivity index (χ0n) is 12.6. The number of rotatable bonds is 6. The monoisotopic (exact) mass is 335 g/mol. The Morgan fingerprint density at radius 2 is 1.91 bits per heavy atom. The summed E-state index contributed by atoms with van der Waals surface area (Å²) in [6.45, 7) is 4.32. The summed E-state index contributed by atoms with van der Waals surface area (Å²) in [4.78, 5) is 25.0. The van der Waals surface area contributed by atoms with Crippen LogP contribution in [-0.4, -0.2) is 11.7 Å². The molecule has 0 fully saturated rings. The number of Topliss-reactive ketones (excluding diaryl/α,β-unsaturated/α-hetero) is 1. The van der Waals surface area contributed by atoms with E-state index in [1.807, 2.05) is 38.1 Å². The molecule has 0 unspecified atom stereocenters. The molecule has 1 aromatic heterocycles. The summed E-state index contributed by atoms with van der Waals surface area (Å²) >= 11 is 7.27. The minimum Gasteiger partial charge on any atom is -0.351 e. The highest BCUT2D eigenvalue weighted by Crippen LogP contribution is 2.21. The van der Waals surface area contributed by atoms with Gasteiger partial charge in [-0.2, -0.15) is 0 Å². The Balaban J connectivity index is 1.83. The molecule has 0 bridgehead atoms. The van der Waals surface area contributed by atoms with E-state index < -0.39 is 0 Å². The first kappa shape index (κ1) is 16.7. The number of nitrogens with one attached hydrogen (secondary N) is 1. The fourth-order valence-electron chi connectivity index (χ4n) is 2.12. The smallest absolute Gasteiger partial charge is 0.220 e. The summed E-state index contributed by atoms with van der Waals surface area (Å²) in [5.74, 6) is -0.112. The van der Waals surface area contributed by atoms with Gasteiger partial charge in [-0.3, -0.25) is 9.59 Å². The van der Waals surface area contributed by atoms with E-state index in [2.05, 4.69) is 5.32 Å². The van der Waals surface area contributed by atoms with Crippen LogP contribution in [0.4, 0.5) is 0 Å². The molecule has 1 aromatic carbocycles. The maximum atomic E-state index is 12.2. The number of carbonyl (C=O) groups is 2. The summed E-state index contributed by atoms with van der Waals surface area (Å²) in [5, 5.41) is 2.81. The van der Waals surface area contributed by atoms with Crippen LogP contribution >= 0.6 is 22.9 Å². The van der Waals surface area contributed by atoms with Gasteiger partial charge in [0.25, 0.3) is 0 Å². The molecular formula is C17H18ClNO2S. The van der Waals surface area contributed by atoms with E-state index >= 15 is 0 Å². The summed E-state index contributed by atoms with van der Waals surface area (Å²) in [5.41, 5.74) is 2.70. The molecule has 0 aliphatic heterocycles. The molecule has 0 saturated carbocycles. The first-order valence-corrected chi connectivity index (χ1v) is 8.26. The van der Waals surface area contributed by atoms with Crippen molar-refractivity contribution in [1.82, 2.24) is 5.32 Å². The number of hydrogen-bond acceptors (Lipinski definition) is 3. The van der Waals surface area contributed by atoms with Crippen LogP contribution in [-0.2, 0) is 11.3 Å². The SMILES string of the molecule is Cc1ccc(C)c(C(=O)CCC(=O)NCc2ccc(Cl)s2)c1. The Labute approximate surface area is 139 Å². The first-order valence-electron chi connectivity index (χ1n) is 7.07. The molecule has 1 amide bonds. The number of hydrogen-bond donors (Lipinski definition) is 1. The number of benzene rings is 1. The predicted molar refractivity (Wildman–Crippen MR) is 90.7 cm³/mol. The van der Waals surface area contributed by atoms with Crippen molar-refractivity contribution in [3.63, 3.8) is 0 Å². The van der Waals surface area contributed by atoms with Crippen LogP contribution in [0.1, 0.15) is 39.2 Å². The second-order valence-electron chi connectivity index (χ2n) is 5.22. The van der Waals surface area contributed by atoms with Crippen molar-refractivity contribution in [3.8, 4) is 0 Å². The van der Waals surface area contributed by atoms with Crippen molar-refractivity contribution >= 4 is 34.6 Å². The number of thiophene rings is 1. The first-order chi connectivity index (χ1) is 10.5. The molecule has 22 heavy (non-hydrogen) atoms. The molecule has 0 spiro atoms. The largest absolute Gasteiger partial charge is 0.351 e. The number of carbonyl (C=O) groups excluding carboxylic acids is 2. The standard InChI is InChI=1S/C17H18ClNO2S/c1-11-3-4-12(2)14(9-11)15(20)6-8-17(21)19-10-13-5-7-16(18)22-13/h3-5,7,9H,6,8,10H2,1-2H3,(H,19,21). The lowest BCUT2D eigenvalue weighted by Crippen LogP contribution is -2.22. The van der Waals surface area contributed by atoms with Gasteiger partial charge in [0.05, 0.1) is 10.9 Å². The second kappa shape index (κ2) is 7.56. The lowest BCUT2D eigenvalue weighted by Gasteiger charge is -2.07. The maximum absolute atomic E-state index is 12.2. The summed E-state index contributed by atoms with van der Waals surface area (Å²) in [6.07, 6.45) is 0.423. The Kier molecular flexibility index (Phi) is 5.75. The Hall–Kier alpha value is -1.65. The van der Waals surface area contributed by atoms with E-state index in [1.54, 1.807) is 6.07 Å². The zero-order chi connectivity index (χ0) is 16.1. The van der Waals surface area contributed by atoms with Gasteiger partial charge < -0.3 is 5.32 Å². The number of aryl methyl sites for hydroxylation is 2. The molecule has 0 aliphatic rings. The molecule has 0 saturated heterocycles. The Bertz CT molecular complexity index is 694. The van der Waals surface area contributed by atoms with Gasteiger partial charge in [-0.1, -0.05) is 29.3 Å². The molecule has 0 radical (unpaired) electrons. The van der Waals surface area contributed by atoms with Gasteiger partial charge in [-0.05, 0) is 37.6 Å². The van der Waals surface area contributed by atoms with Gasteiger partial charge in [0.1, 0.15) is 0 Å². The molecule has 1 N–H and O–H groups in total. The van der Waals surface area contributed by atoms with E-state index in [4.69, 9.17) is 11.6 Å². The molecular weight excluding hydrogens is 318 g/mol. The quantitative estimate of drug-likeness (QED) is 0.800. The maximum Gasteiger partial charge on any atom is 0.220 e. The lowest BCUT2D eigenvalue weighted by molar-refractivity contribution is -0.121. The van der Waals surface area contributed by atoms with E-state index in [1.165, 1.54) is 11.3 Å². The van der Waals surface area contributed by atoms with Crippen LogP contribution in [0.2, 0.25) is 4.34 Å². The molecule has 3 nitrogen and oxygen atoms in total. The molecule has 5 heteroatoms. The topological polar surface area (TPSA) is 46.2 Å². The average molecular weight is 336 g/mol. The normalized spacial score (nSPS) is 10.5. The highest BCUT2D eigenvalue weighted by molar-refractivity contribution is 7.16. The van der Waals surface area contributed by atoms with Crippen LogP contribution in [0.3, 0.4) is 0 Å². The van der Waals surface area contributed by atoms with E-state index in [0.29, 0.717) is 16.4 Å². The number of amides is 1. The van der Waals surface area contributed by atoms with Crippen molar-refractivity contribution < 1.29 is 9.59 Å². The lowest BCUT2D eigenvalue weighted by atomic mass is 9.99. The number of halogens is 1. The molecule has 2 aromatic rings. The Morgan fingerprint density at radius 1 is 1.14 bits per heavy atom. The van der Waals surface area contributed by atoms with Crippen LogP contribution in [0.15, 0.2) is 30.3 Å².